The van der Waals surface area contributed by atoms with E-state index in [-0.39, 0.29) is 0 Å². The van der Waals surface area contributed by atoms with Crippen molar-refractivity contribution >= 4 is 28.3 Å². The van der Waals surface area contributed by atoms with Crippen molar-refractivity contribution < 1.29 is 0 Å². The first-order chi connectivity index (χ1) is 10.9. The third-order valence-electron chi connectivity index (χ3n) is 3.12. The predicted molar refractivity (Wildman–Crippen MR) is 84.4 cm³/mol. The van der Waals surface area contributed by atoms with E-state index < -0.39 is 0 Å². The lowest BCUT2D eigenvalue weighted by molar-refractivity contribution is 0.985. The van der Waals surface area contributed by atoms with Gasteiger partial charge in [0.1, 0.15) is 21.9 Å². The first kappa shape index (κ1) is 12.8. The zero-order valence-corrected chi connectivity index (χ0v) is 12.2. The number of aromatic nitrogens is 6. The van der Waals surface area contributed by atoms with Crippen molar-refractivity contribution in [2.24, 2.45) is 0 Å². The van der Waals surface area contributed by atoms with Crippen LogP contribution in [0.2, 0.25) is 0 Å². The molecule has 0 aliphatic heterocycles. The summed E-state index contributed by atoms with van der Waals surface area (Å²) in [5.41, 5.74) is 2.50. The number of H-pyrrole nitrogens is 1. The molecule has 3 aromatic heterocycles. The van der Waals surface area contributed by atoms with Crippen LogP contribution in [-0.2, 0) is 6.54 Å². The number of aromatic amines is 1. The zero-order valence-electron chi connectivity index (χ0n) is 11.4. The van der Waals surface area contributed by atoms with Crippen molar-refractivity contribution in [3.8, 4) is 10.6 Å². The van der Waals surface area contributed by atoms with E-state index in [4.69, 9.17) is 0 Å². The van der Waals surface area contributed by atoms with Gasteiger partial charge in [-0.2, -0.15) is 0 Å². The molecular weight excluding hydrogens is 298 g/mol. The molecule has 108 valence electrons. The van der Waals surface area contributed by atoms with Crippen LogP contribution in [0.3, 0.4) is 0 Å². The molecule has 0 saturated carbocycles. The molecule has 0 atom stereocenters. The number of nitrogens with zero attached hydrogens (tertiary/aromatic N) is 5. The van der Waals surface area contributed by atoms with E-state index >= 15 is 0 Å². The van der Waals surface area contributed by atoms with Gasteiger partial charge >= 0.3 is 0 Å². The molecule has 0 saturated heterocycles. The summed E-state index contributed by atoms with van der Waals surface area (Å²) in [5.74, 6) is 0.707. The van der Waals surface area contributed by atoms with E-state index in [0.717, 1.165) is 21.1 Å². The second-order valence-electron chi connectivity index (χ2n) is 4.54. The maximum Gasteiger partial charge on any atom is 0.182 e. The van der Waals surface area contributed by atoms with Gasteiger partial charge in [0.05, 0.1) is 12.9 Å². The minimum absolute atomic E-state index is 0.551. The molecule has 0 aliphatic carbocycles. The van der Waals surface area contributed by atoms with Crippen molar-refractivity contribution in [1.82, 2.24) is 30.1 Å². The first-order valence-electron chi connectivity index (χ1n) is 6.66. The lowest BCUT2D eigenvalue weighted by atomic mass is 10.2. The summed E-state index contributed by atoms with van der Waals surface area (Å²) < 4.78 is 0. The Morgan fingerprint density at radius 2 is 1.95 bits per heavy atom. The molecule has 1 aromatic carbocycles. The summed E-state index contributed by atoms with van der Waals surface area (Å²) in [6, 6.07) is 10.0. The smallest absolute Gasteiger partial charge is 0.182 e. The molecule has 2 N–H and O–H groups in total. The van der Waals surface area contributed by atoms with Crippen molar-refractivity contribution in [2.75, 3.05) is 5.32 Å². The third kappa shape index (κ3) is 2.40. The minimum atomic E-state index is 0.551. The van der Waals surface area contributed by atoms with Crippen LogP contribution in [0.25, 0.3) is 21.7 Å². The van der Waals surface area contributed by atoms with Crippen molar-refractivity contribution in [2.45, 2.75) is 6.54 Å². The van der Waals surface area contributed by atoms with Gasteiger partial charge in [0.15, 0.2) is 11.5 Å². The monoisotopic (exact) mass is 309 g/mol. The fraction of sp³-hybridized carbons (Fsp3) is 0.0714. The molecule has 0 amide bonds. The van der Waals surface area contributed by atoms with Gasteiger partial charge in [-0.05, 0) is 0 Å². The number of hydrogen-bond donors (Lipinski definition) is 2. The number of imidazole rings is 1. The molecule has 0 aliphatic rings. The summed E-state index contributed by atoms with van der Waals surface area (Å²) >= 11 is 1.56. The molecule has 0 spiro atoms. The van der Waals surface area contributed by atoms with Gasteiger partial charge in [-0.1, -0.05) is 41.7 Å². The van der Waals surface area contributed by atoms with Crippen LogP contribution >= 0.6 is 11.3 Å². The first-order valence-corrected chi connectivity index (χ1v) is 7.47. The molecule has 0 bridgehead atoms. The lowest BCUT2D eigenvalue weighted by Gasteiger charge is -2.02. The van der Waals surface area contributed by atoms with Crippen molar-refractivity contribution in [3.05, 3.63) is 48.0 Å². The van der Waals surface area contributed by atoms with Gasteiger partial charge in [0.2, 0.25) is 0 Å². The Labute approximate surface area is 129 Å². The molecule has 8 heteroatoms. The van der Waals surface area contributed by atoms with Gasteiger partial charge in [-0.3, -0.25) is 0 Å². The van der Waals surface area contributed by atoms with Gasteiger partial charge < -0.3 is 10.3 Å². The number of fused-ring (bicyclic) bond motifs is 1. The summed E-state index contributed by atoms with van der Waals surface area (Å²) in [6.45, 7) is 0.551. The third-order valence-corrected chi connectivity index (χ3v) is 4.09. The Balaban J connectivity index is 1.53. The van der Waals surface area contributed by atoms with E-state index in [0.29, 0.717) is 18.0 Å². The number of hydrogen-bond acceptors (Lipinski definition) is 7. The van der Waals surface area contributed by atoms with Crippen molar-refractivity contribution in [3.63, 3.8) is 0 Å². The maximum atomic E-state index is 4.23. The molecule has 0 fully saturated rings. The maximum absolute atomic E-state index is 4.23. The molecular formula is C14H11N7S. The van der Waals surface area contributed by atoms with E-state index in [1.807, 2.05) is 30.3 Å². The molecule has 22 heavy (non-hydrogen) atoms. The number of rotatable bonds is 4. The summed E-state index contributed by atoms with van der Waals surface area (Å²) in [4.78, 5) is 15.4. The summed E-state index contributed by atoms with van der Waals surface area (Å²) in [6.07, 6.45) is 3.09. The van der Waals surface area contributed by atoms with Crippen LogP contribution in [0.5, 0.6) is 0 Å². The fourth-order valence-corrected chi connectivity index (χ4v) is 2.87. The van der Waals surface area contributed by atoms with Crippen LogP contribution in [0, 0.1) is 0 Å². The second kappa shape index (κ2) is 5.49. The predicted octanol–water partition coefficient (Wildman–Crippen LogP) is 2.48. The van der Waals surface area contributed by atoms with Crippen LogP contribution in [0.15, 0.2) is 43.0 Å². The van der Waals surface area contributed by atoms with Crippen LogP contribution < -0.4 is 5.32 Å². The molecule has 0 radical (unpaired) electrons. The highest BCUT2D eigenvalue weighted by atomic mass is 32.1. The van der Waals surface area contributed by atoms with Crippen LogP contribution in [0.4, 0.5) is 5.82 Å². The normalized spacial score (nSPS) is 10.9. The lowest BCUT2D eigenvalue weighted by Crippen LogP contribution is -2.02. The fourth-order valence-electron chi connectivity index (χ4n) is 2.08. The molecule has 4 rings (SSSR count). The van der Waals surface area contributed by atoms with Crippen molar-refractivity contribution in [1.29, 1.82) is 0 Å². The molecule has 7 nitrogen and oxygen atoms in total. The SMILES string of the molecule is c1ccc(-c2nnc(CNc3ncnc4nc[nH]c34)s2)cc1. The molecule has 3 heterocycles. The van der Waals surface area contributed by atoms with Gasteiger partial charge in [-0.25, -0.2) is 15.0 Å². The second-order valence-corrected chi connectivity index (χ2v) is 5.61. The largest absolute Gasteiger partial charge is 0.362 e. The van der Waals surface area contributed by atoms with Gasteiger partial charge in [-0.15, -0.1) is 10.2 Å². The Hall–Kier alpha value is -2.87. The highest BCUT2D eigenvalue weighted by Crippen LogP contribution is 2.24. The number of nitrogens with one attached hydrogen (secondary N) is 2. The van der Waals surface area contributed by atoms with Gasteiger partial charge in [0, 0.05) is 5.56 Å². The van der Waals surface area contributed by atoms with E-state index in [1.165, 1.54) is 6.33 Å². The number of benzene rings is 1. The highest BCUT2D eigenvalue weighted by molar-refractivity contribution is 7.14. The average molecular weight is 309 g/mol. The Kier molecular flexibility index (Phi) is 3.20. The van der Waals surface area contributed by atoms with E-state index in [2.05, 4.69) is 35.5 Å². The number of anilines is 1. The Morgan fingerprint density at radius 3 is 2.86 bits per heavy atom. The van der Waals surface area contributed by atoms with Gasteiger partial charge in [0.25, 0.3) is 0 Å². The van der Waals surface area contributed by atoms with E-state index in [9.17, 15) is 0 Å². The summed E-state index contributed by atoms with van der Waals surface area (Å²) in [7, 11) is 0. The Bertz CT molecular complexity index is 900. The minimum Gasteiger partial charge on any atom is -0.362 e. The quantitative estimate of drug-likeness (QED) is 0.601. The summed E-state index contributed by atoms with van der Waals surface area (Å²) in [5, 5.41) is 13.5. The zero-order chi connectivity index (χ0) is 14.8. The van der Waals surface area contributed by atoms with E-state index in [1.54, 1.807) is 17.7 Å². The van der Waals surface area contributed by atoms with Crippen LogP contribution in [0.1, 0.15) is 5.01 Å². The highest BCUT2D eigenvalue weighted by Gasteiger charge is 2.09. The average Bonchev–Trinajstić information content (AvgIpc) is 3.23. The Morgan fingerprint density at radius 1 is 1.05 bits per heavy atom. The molecule has 0 unspecified atom stereocenters. The van der Waals surface area contributed by atoms with Crippen LogP contribution in [-0.4, -0.2) is 30.1 Å². The standard InChI is InChI=1S/C14H11N7S/c1-2-4-9(5-3-1)14-21-20-10(22-14)6-15-12-11-13(17-7-16-11)19-8-18-12/h1-5,7-8H,6H2,(H2,15,16,17,18,19). The topological polar surface area (TPSA) is 92.3 Å². The molecule has 4 aromatic rings.